The lowest BCUT2D eigenvalue weighted by molar-refractivity contribution is -0.225. The van der Waals surface area contributed by atoms with Gasteiger partial charge in [-0.15, -0.1) is 0 Å². The van der Waals surface area contributed by atoms with Gasteiger partial charge in [0, 0.05) is 5.41 Å². The predicted molar refractivity (Wildman–Crippen MR) is 147 cm³/mol. The Morgan fingerprint density at radius 2 is 1.68 bits per heavy atom. The fourth-order valence-corrected chi connectivity index (χ4v) is 12.0. The normalized spacial score (nSPS) is 57.0. The summed E-state index contributed by atoms with van der Waals surface area (Å²) in [6.07, 6.45) is 10.2. The molecule has 6 aliphatic rings. The van der Waals surface area contributed by atoms with Crippen molar-refractivity contribution >= 4 is 5.97 Å². The van der Waals surface area contributed by atoms with Crippen molar-refractivity contribution in [1.82, 2.24) is 0 Å². The van der Waals surface area contributed by atoms with E-state index in [9.17, 15) is 15.0 Å². The van der Waals surface area contributed by atoms with Crippen molar-refractivity contribution in [1.29, 1.82) is 0 Å². The number of carboxylic acid groups (broad SMARTS) is 1. The lowest BCUT2D eigenvalue weighted by Crippen LogP contribution is -2.68. The van der Waals surface area contributed by atoms with Crippen LogP contribution in [-0.4, -0.2) is 40.8 Å². The second-order valence-electron chi connectivity index (χ2n) is 16.1. The third-order valence-electron chi connectivity index (χ3n) is 14.3. The zero-order chi connectivity index (χ0) is 27.7. The van der Waals surface area contributed by atoms with Crippen molar-refractivity contribution < 1.29 is 24.5 Å². The molecular weight excluding hydrogens is 476 g/mol. The van der Waals surface area contributed by atoms with E-state index in [1.165, 1.54) is 5.57 Å². The van der Waals surface area contributed by atoms with Crippen LogP contribution in [0.2, 0.25) is 0 Å². The molecule has 0 radical (unpaired) electrons. The minimum absolute atomic E-state index is 0.00238. The van der Waals surface area contributed by atoms with Crippen LogP contribution in [0.1, 0.15) is 107 Å². The number of fused-ring (bicyclic) bond motifs is 8. The zero-order valence-electron chi connectivity index (χ0n) is 25.1. The maximum absolute atomic E-state index is 12.9. The fourth-order valence-electron chi connectivity index (χ4n) is 12.0. The predicted octanol–water partition coefficient (Wildman–Crippen LogP) is 6.83. The smallest absolute Gasteiger partial charge is 0.310 e. The third kappa shape index (κ3) is 3.13. The molecule has 6 rings (SSSR count). The molecule has 0 aromatic rings. The maximum atomic E-state index is 12.9. The molecule has 5 aliphatic carbocycles. The number of aliphatic carboxylic acids is 1. The minimum atomic E-state index is -0.623. The Hall–Kier alpha value is -0.910. The van der Waals surface area contributed by atoms with Crippen LogP contribution in [0.4, 0.5) is 0 Å². The Morgan fingerprint density at radius 3 is 2.34 bits per heavy atom. The molecule has 2 N–H and O–H groups in total. The van der Waals surface area contributed by atoms with Crippen molar-refractivity contribution in [3.63, 3.8) is 0 Å². The van der Waals surface area contributed by atoms with E-state index in [2.05, 4.69) is 47.6 Å². The topological polar surface area (TPSA) is 76.0 Å². The van der Waals surface area contributed by atoms with E-state index in [-0.39, 0.29) is 46.4 Å². The summed E-state index contributed by atoms with van der Waals surface area (Å²) in [5, 5.41) is 21.5. The molecule has 5 nitrogen and oxygen atoms in total. The van der Waals surface area contributed by atoms with E-state index in [0.717, 1.165) is 51.4 Å². The molecule has 0 aromatic heterocycles. The van der Waals surface area contributed by atoms with Gasteiger partial charge in [0.25, 0.3) is 0 Å². The molecule has 9 unspecified atom stereocenters. The summed E-state index contributed by atoms with van der Waals surface area (Å²) in [7, 11) is 0. The highest BCUT2D eigenvalue weighted by molar-refractivity contribution is 5.76. The van der Waals surface area contributed by atoms with Gasteiger partial charge >= 0.3 is 5.97 Å². The summed E-state index contributed by atoms with van der Waals surface area (Å²) in [4.78, 5) is 12.9. The number of hydrogen-bond acceptors (Lipinski definition) is 4. The van der Waals surface area contributed by atoms with E-state index >= 15 is 0 Å². The van der Waals surface area contributed by atoms with Crippen LogP contribution in [-0.2, 0) is 14.3 Å². The summed E-state index contributed by atoms with van der Waals surface area (Å²) < 4.78 is 13.0. The lowest BCUT2D eigenvalue weighted by Gasteiger charge is -2.71. The molecule has 0 spiro atoms. The Morgan fingerprint density at radius 1 is 0.974 bits per heavy atom. The highest BCUT2D eigenvalue weighted by Crippen LogP contribution is 2.76. The molecule has 38 heavy (non-hydrogen) atoms. The molecule has 5 heteroatoms. The molecule has 1 aliphatic heterocycles. The second-order valence-corrected chi connectivity index (χ2v) is 16.1. The average Bonchev–Trinajstić information content (AvgIpc) is 3.15. The van der Waals surface area contributed by atoms with Crippen LogP contribution < -0.4 is 0 Å². The molecule has 5 fully saturated rings. The van der Waals surface area contributed by atoms with Crippen molar-refractivity contribution in [2.75, 3.05) is 6.61 Å². The van der Waals surface area contributed by atoms with E-state index in [0.29, 0.717) is 23.7 Å². The first-order chi connectivity index (χ1) is 17.6. The summed E-state index contributed by atoms with van der Waals surface area (Å²) in [6, 6.07) is 0. The quantitative estimate of drug-likeness (QED) is 0.384. The van der Waals surface area contributed by atoms with Crippen LogP contribution in [0.3, 0.4) is 0 Å². The van der Waals surface area contributed by atoms with Gasteiger partial charge in [-0.05, 0) is 111 Å². The first-order valence-corrected chi connectivity index (χ1v) is 15.5. The molecule has 1 heterocycles. The van der Waals surface area contributed by atoms with Crippen molar-refractivity contribution in [2.45, 2.75) is 125 Å². The number of carboxylic acids is 1. The lowest BCUT2D eigenvalue weighted by atomic mass is 9.33. The molecule has 0 aromatic carbocycles. The largest absolute Gasteiger partial charge is 0.481 e. The Kier molecular flexibility index (Phi) is 5.81. The van der Waals surface area contributed by atoms with Gasteiger partial charge in [-0.3, -0.25) is 4.79 Å². The third-order valence-corrected chi connectivity index (χ3v) is 14.3. The summed E-state index contributed by atoms with van der Waals surface area (Å²) in [5.74, 6) is 0.722. The van der Waals surface area contributed by atoms with Gasteiger partial charge in [-0.25, -0.2) is 0 Å². The zero-order valence-corrected chi connectivity index (χ0v) is 25.1. The minimum Gasteiger partial charge on any atom is -0.481 e. The highest BCUT2D eigenvalue weighted by atomic mass is 16.8. The van der Waals surface area contributed by atoms with Gasteiger partial charge in [0.05, 0.1) is 24.2 Å². The molecular formula is C33H52O5. The number of hydrogen-bond donors (Lipinski definition) is 2. The van der Waals surface area contributed by atoms with Crippen LogP contribution in [0, 0.1) is 56.7 Å². The maximum Gasteiger partial charge on any atom is 0.310 e. The van der Waals surface area contributed by atoms with E-state index in [1.807, 2.05) is 13.8 Å². The van der Waals surface area contributed by atoms with Crippen LogP contribution in [0.15, 0.2) is 11.6 Å². The molecule has 214 valence electrons. The van der Waals surface area contributed by atoms with Gasteiger partial charge in [-0.1, -0.05) is 53.2 Å². The number of allylic oxidation sites excluding steroid dienone is 2. The Balaban J connectivity index is 1.45. The second kappa shape index (κ2) is 8.10. The van der Waals surface area contributed by atoms with Crippen molar-refractivity contribution in [2.24, 2.45) is 56.7 Å². The van der Waals surface area contributed by atoms with Crippen LogP contribution >= 0.6 is 0 Å². The number of ether oxygens (including phenoxy) is 2. The van der Waals surface area contributed by atoms with E-state index < -0.39 is 17.2 Å². The van der Waals surface area contributed by atoms with Crippen LogP contribution in [0.5, 0.6) is 0 Å². The van der Waals surface area contributed by atoms with Crippen LogP contribution in [0.25, 0.3) is 0 Å². The molecule has 0 bridgehead atoms. The highest BCUT2D eigenvalue weighted by Gasteiger charge is 2.72. The van der Waals surface area contributed by atoms with Gasteiger partial charge in [-0.2, -0.15) is 0 Å². The molecule has 12 atom stereocenters. The molecule has 0 amide bonds. The average molecular weight is 529 g/mol. The Labute approximate surface area is 230 Å². The van der Waals surface area contributed by atoms with Crippen molar-refractivity contribution in [3.8, 4) is 0 Å². The number of rotatable bonds is 2. The fraction of sp³-hybridized carbons (Fsp3) is 0.909. The van der Waals surface area contributed by atoms with E-state index in [4.69, 9.17) is 9.47 Å². The first kappa shape index (κ1) is 27.3. The van der Waals surface area contributed by atoms with E-state index in [1.54, 1.807) is 0 Å². The molecule has 1 saturated heterocycles. The van der Waals surface area contributed by atoms with Gasteiger partial charge in [0.1, 0.15) is 0 Å². The standard InChI is InChI=1S/C33H52O5/c1-19-11-14-33(27(35)36)16-15-31(7)21(25(33)20(19)2)9-10-24-29(5)17-22-26(38-28(3,4)37-22)30(6,18-34)23(29)12-13-32(24,31)8/h9,19-20,22-26,34H,10-18H2,1-8H3,(H,35,36)/t19?,20?,22?,23-,24-,25+,26?,29?,30?,31?,32?,33?/m1/s1. The number of aliphatic hydroxyl groups excluding tert-OH is 1. The number of aliphatic hydroxyl groups is 1. The summed E-state index contributed by atoms with van der Waals surface area (Å²) >= 11 is 0. The van der Waals surface area contributed by atoms with Gasteiger partial charge in [0.15, 0.2) is 5.79 Å². The molecule has 4 saturated carbocycles. The van der Waals surface area contributed by atoms with Gasteiger partial charge in [0.2, 0.25) is 0 Å². The SMILES string of the molecule is CC1CCC2(C(=O)O)CCC3(C)C(=CC[C@@H]4C5(C)CC6OC(C)(C)OC6C(C)(CO)[C@@H]5CCC43C)[C@@H]2C1C. The summed E-state index contributed by atoms with van der Waals surface area (Å²) in [6.45, 7) is 18.6. The van der Waals surface area contributed by atoms with Gasteiger partial charge < -0.3 is 19.7 Å². The number of carbonyl (C=O) groups is 1. The Bertz CT molecular complexity index is 1050. The van der Waals surface area contributed by atoms with Crippen molar-refractivity contribution in [3.05, 3.63) is 11.6 Å². The first-order valence-electron chi connectivity index (χ1n) is 15.5. The summed E-state index contributed by atoms with van der Waals surface area (Å²) in [5.41, 5.74) is 0.647. The monoisotopic (exact) mass is 528 g/mol.